The summed E-state index contributed by atoms with van der Waals surface area (Å²) in [5, 5.41) is 4.28. The molecule has 0 aromatic heterocycles. The molecule has 1 aromatic carbocycles. The molecule has 118 valence electrons. The van der Waals surface area contributed by atoms with Gasteiger partial charge in [-0.25, -0.2) is 0 Å². The molecule has 1 N–H and O–H groups in total. The van der Waals surface area contributed by atoms with Crippen molar-refractivity contribution in [2.24, 2.45) is 0 Å². The van der Waals surface area contributed by atoms with Crippen LogP contribution in [0.1, 0.15) is 30.0 Å². The summed E-state index contributed by atoms with van der Waals surface area (Å²) in [5.74, 6) is 1.01. The number of benzene rings is 1. The fraction of sp³-hybridized carbons (Fsp3) is 0.647. The van der Waals surface area contributed by atoms with Crippen LogP contribution in [-0.2, 0) is 6.42 Å². The summed E-state index contributed by atoms with van der Waals surface area (Å²) in [6.07, 6.45) is 2.19. The molecule has 0 radical (unpaired) electrons. The number of nitrogens with one attached hydrogen (secondary N) is 1. The first-order chi connectivity index (χ1) is 10.1. The van der Waals surface area contributed by atoms with E-state index in [2.05, 4.69) is 23.2 Å². The highest BCUT2D eigenvalue weighted by molar-refractivity contribution is 6.32. The SMILES string of the molecule is CCOc1cc(C)c(Cl)c(C)c1CCCN1CCNCC1. The van der Waals surface area contributed by atoms with E-state index in [9.17, 15) is 0 Å². The summed E-state index contributed by atoms with van der Waals surface area (Å²) in [5.41, 5.74) is 3.56. The van der Waals surface area contributed by atoms with Gasteiger partial charge in [0.2, 0.25) is 0 Å². The molecule has 0 aliphatic carbocycles. The number of ether oxygens (including phenoxy) is 1. The Morgan fingerprint density at radius 1 is 1.29 bits per heavy atom. The van der Waals surface area contributed by atoms with Gasteiger partial charge in [-0.3, -0.25) is 0 Å². The van der Waals surface area contributed by atoms with E-state index in [0.29, 0.717) is 6.61 Å². The summed E-state index contributed by atoms with van der Waals surface area (Å²) in [6, 6.07) is 2.08. The highest BCUT2D eigenvalue weighted by atomic mass is 35.5. The van der Waals surface area contributed by atoms with Gasteiger partial charge in [-0.2, -0.15) is 0 Å². The lowest BCUT2D eigenvalue weighted by molar-refractivity contribution is 0.238. The molecule has 2 rings (SSSR count). The minimum Gasteiger partial charge on any atom is -0.494 e. The molecule has 1 aromatic rings. The van der Waals surface area contributed by atoms with E-state index in [0.717, 1.165) is 61.9 Å². The third-order valence-electron chi connectivity index (χ3n) is 4.18. The first kappa shape index (κ1) is 16.6. The quantitative estimate of drug-likeness (QED) is 0.873. The molecular formula is C17H27ClN2O. The van der Waals surface area contributed by atoms with Gasteiger partial charge >= 0.3 is 0 Å². The summed E-state index contributed by atoms with van der Waals surface area (Å²) in [4.78, 5) is 2.53. The van der Waals surface area contributed by atoms with E-state index in [-0.39, 0.29) is 0 Å². The van der Waals surface area contributed by atoms with Gasteiger partial charge in [0.25, 0.3) is 0 Å². The van der Waals surface area contributed by atoms with Crippen molar-refractivity contribution in [2.75, 3.05) is 39.3 Å². The van der Waals surface area contributed by atoms with Crippen LogP contribution in [0.5, 0.6) is 5.75 Å². The first-order valence-corrected chi connectivity index (χ1v) is 8.35. The Morgan fingerprint density at radius 3 is 2.67 bits per heavy atom. The van der Waals surface area contributed by atoms with Gasteiger partial charge < -0.3 is 15.0 Å². The molecule has 3 nitrogen and oxygen atoms in total. The standard InChI is InChI=1S/C17H27ClN2O/c1-4-21-16-12-13(2)17(18)14(3)15(16)6-5-9-20-10-7-19-8-11-20/h12,19H,4-11H2,1-3H3. The van der Waals surface area contributed by atoms with Crippen LogP contribution >= 0.6 is 11.6 Å². The average molecular weight is 311 g/mol. The summed E-state index contributed by atoms with van der Waals surface area (Å²) < 4.78 is 5.81. The second-order valence-electron chi connectivity index (χ2n) is 5.74. The van der Waals surface area contributed by atoms with Crippen LogP contribution in [0.2, 0.25) is 5.02 Å². The predicted octanol–water partition coefficient (Wildman–Crippen LogP) is 3.19. The Kier molecular flexibility index (Phi) is 6.34. The predicted molar refractivity (Wildman–Crippen MR) is 89.7 cm³/mol. The van der Waals surface area contributed by atoms with E-state index < -0.39 is 0 Å². The fourth-order valence-electron chi connectivity index (χ4n) is 2.97. The van der Waals surface area contributed by atoms with Gasteiger partial charge in [0.1, 0.15) is 5.75 Å². The zero-order valence-electron chi connectivity index (χ0n) is 13.5. The number of halogens is 1. The molecular weight excluding hydrogens is 284 g/mol. The molecule has 1 heterocycles. The van der Waals surface area contributed by atoms with E-state index in [1.54, 1.807) is 0 Å². The molecule has 0 atom stereocenters. The van der Waals surface area contributed by atoms with E-state index >= 15 is 0 Å². The van der Waals surface area contributed by atoms with Gasteiger partial charge in [0.05, 0.1) is 6.61 Å². The fourth-order valence-corrected chi connectivity index (χ4v) is 3.14. The van der Waals surface area contributed by atoms with Gasteiger partial charge in [-0.1, -0.05) is 11.6 Å². The Morgan fingerprint density at radius 2 is 2.00 bits per heavy atom. The monoisotopic (exact) mass is 310 g/mol. The van der Waals surface area contributed by atoms with Crippen molar-refractivity contribution in [3.05, 3.63) is 27.8 Å². The maximum absolute atomic E-state index is 6.41. The summed E-state index contributed by atoms with van der Waals surface area (Å²) >= 11 is 6.41. The van der Waals surface area contributed by atoms with Crippen molar-refractivity contribution in [2.45, 2.75) is 33.6 Å². The van der Waals surface area contributed by atoms with E-state index in [4.69, 9.17) is 16.3 Å². The summed E-state index contributed by atoms with van der Waals surface area (Å²) in [7, 11) is 0. The molecule has 0 amide bonds. The van der Waals surface area contributed by atoms with Gasteiger partial charge in [0.15, 0.2) is 0 Å². The average Bonchev–Trinajstić information content (AvgIpc) is 2.49. The molecule has 1 fully saturated rings. The zero-order valence-corrected chi connectivity index (χ0v) is 14.2. The van der Waals surface area contributed by atoms with Crippen molar-refractivity contribution in [3.8, 4) is 5.75 Å². The van der Waals surface area contributed by atoms with Crippen LogP contribution in [0.4, 0.5) is 0 Å². The van der Waals surface area contributed by atoms with Gasteiger partial charge in [-0.15, -0.1) is 0 Å². The lowest BCUT2D eigenvalue weighted by Gasteiger charge is -2.27. The third kappa shape index (κ3) is 4.35. The van der Waals surface area contributed by atoms with Crippen LogP contribution in [-0.4, -0.2) is 44.2 Å². The topological polar surface area (TPSA) is 24.5 Å². The molecule has 4 heteroatoms. The molecule has 1 aliphatic heterocycles. The lowest BCUT2D eigenvalue weighted by atomic mass is 9.99. The molecule has 1 aliphatic rings. The minimum absolute atomic E-state index is 0.700. The molecule has 0 unspecified atom stereocenters. The van der Waals surface area contributed by atoms with Crippen molar-refractivity contribution < 1.29 is 4.74 Å². The van der Waals surface area contributed by atoms with Gasteiger partial charge in [0, 0.05) is 31.2 Å². The highest BCUT2D eigenvalue weighted by Gasteiger charge is 2.14. The third-order valence-corrected chi connectivity index (χ3v) is 4.77. The Bertz CT molecular complexity index is 470. The lowest BCUT2D eigenvalue weighted by Crippen LogP contribution is -2.43. The highest BCUT2D eigenvalue weighted by Crippen LogP contribution is 2.32. The smallest absolute Gasteiger partial charge is 0.123 e. The van der Waals surface area contributed by atoms with Crippen LogP contribution in [0.25, 0.3) is 0 Å². The maximum Gasteiger partial charge on any atom is 0.123 e. The number of nitrogens with zero attached hydrogens (tertiary/aromatic N) is 1. The maximum atomic E-state index is 6.41. The Balaban J connectivity index is 2.01. The zero-order chi connectivity index (χ0) is 15.2. The normalized spacial score (nSPS) is 16.2. The van der Waals surface area contributed by atoms with Crippen LogP contribution < -0.4 is 10.1 Å². The Hall–Kier alpha value is -0.770. The van der Waals surface area contributed by atoms with Crippen LogP contribution in [0.3, 0.4) is 0 Å². The number of piperazine rings is 1. The van der Waals surface area contributed by atoms with Crippen molar-refractivity contribution in [1.82, 2.24) is 10.2 Å². The number of hydrogen-bond acceptors (Lipinski definition) is 3. The first-order valence-electron chi connectivity index (χ1n) is 7.98. The van der Waals surface area contributed by atoms with Gasteiger partial charge in [-0.05, 0) is 62.9 Å². The number of hydrogen-bond donors (Lipinski definition) is 1. The molecule has 0 saturated carbocycles. The van der Waals surface area contributed by atoms with Crippen LogP contribution in [0, 0.1) is 13.8 Å². The number of aryl methyl sites for hydroxylation is 1. The Labute approximate surface area is 133 Å². The number of rotatable bonds is 6. The van der Waals surface area contributed by atoms with E-state index in [1.807, 2.05) is 13.8 Å². The van der Waals surface area contributed by atoms with Crippen molar-refractivity contribution in [1.29, 1.82) is 0 Å². The second kappa shape index (κ2) is 8.02. The molecule has 0 spiro atoms. The second-order valence-corrected chi connectivity index (χ2v) is 6.12. The van der Waals surface area contributed by atoms with Crippen molar-refractivity contribution in [3.63, 3.8) is 0 Å². The largest absolute Gasteiger partial charge is 0.494 e. The molecule has 21 heavy (non-hydrogen) atoms. The minimum atomic E-state index is 0.700. The van der Waals surface area contributed by atoms with Crippen LogP contribution in [0.15, 0.2) is 6.07 Å². The molecule has 0 bridgehead atoms. The van der Waals surface area contributed by atoms with E-state index in [1.165, 1.54) is 11.1 Å². The van der Waals surface area contributed by atoms with Crippen molar-refractivity contribution >= 4 is 11.6 Å². The summed E-state index contributed by atoms with van der Waals surface area (Å²) in [6.45, 7) is 12.6. The molecule has 1 saturated heterocycles.